The van der Waals surface area contributed by atoms with E-state index in [1.165, 1.54) is 18.2 Å². The fourth-order valence-electron chi connectivity index (χ4n) is 3.31. The first-order valence-electron chi connectivity index (χ1n) is 8.67. The molecule has 3 amide bonds. The Morgan fingerprint density at radius 2 is 1.79 bits per heavy atom. The average molecular weight is 380 g/mol. The number of anilines is 1. The number of carbonyl (C=O) groups excluding carboxylic acids is 2. The van der Waals surface area contributed by atoms with Crippen LogP contribution >= 0.6 is 0 Å². The lowest BCUT2D eigenvalue weighted by molar-refractivity contribution is -0.384. The van der Waals surface area contributed by atoms with Gasteiger partial charge in [0, 0.05) is 23.5 Å². The molecule has 0 spiro atoms. The number of nitro groups is 1. The van der Waals surface area contributed by atoms with Crippen molar-refractivity contribution >= 4 is 23.3 Å². The Balaban J connectivity index is 1.98. The van der Waals surface area contributed by atoms with Crippen molar-refractivity contribution in [2.75, 3.05) is 5.32 Å². The van der Waals surface area contributed by atoms with Gasteiger partial charge in [-0.15, -0.1) is 0 Å². The number of urea groups is 1. The Labute approximate surface area is 161 Å². The maximum absolute atomic E-state index is 13.0. The number of non-ortho nitro benzene ring substituents is 1. The van der Waals surface area contributed by atoms with Crippen LogP contribution in [0, 0.1) is 24.0 Å². The molecule has 3 rings (SSSR count). The highest BCUT2D eigenvalue weighted by Gasteiger charge is 2.32. The summed E-state index contributed by atoms with van der Waals surface area (Å²) in [5.74, 6) is -0.397. The number of nitro benzene ring substituents is 1. The van der Waals surface area contributed by atoms with Gasteiger partial charge in [0.1, 0.15) is 0 Å². The summed E-state index contributed by atoms with van der Waals surface area (Å²) in [5.41, 5.74) is 3.67. The van der Waals surface area contributed by atoms with E-state index in [9.17, 15) is 19.7 Å². The van der Waals surface area contributed by atoms with Gasteiger partial charge in [-0.3, -0.25) is 14.9 Å². The van der Waals surface area contributed by atoms with E-state index in [0.717, 1.165) is 11.1 Å². The van der Waals surface area contributed by atoms with Crippen LogP contribution in [0.2, 0.25) is 0 Å². The molecular formula is C20H20N4O4. The van der Waals surface area contributed by atoms with E-state index in [-0.39, 0.29) is 5.69 Å². The van der Waals surface area contributed by atoms with E-state index in [0.29, 0.717) is 22.5 Å². The highest BCUT2D eigenvalue weighted by molar-refractivity contribution is 6.06. The zero-order chi connectivity index (χ0) is 20.4. The van der Waals surface area contributed by atoms with Crippen molar-refractivity contribution in [3.8, 4) is 0 Å². The van der Waals surface area contributed by atoms with Crippen molar-refractivity contribution in [3.05, 3.63) is 80.5 Å². The van der Waals surface area contributed by atoms with Crippen molar-refractivity contribution in [2.45, 2.75) is 26.8 Å². The van der Waals surface area contributed by atoms with E-state index in [1.807, 2.05) is 32.0 Å². The molecule has 0 aromatic heterocycles. The smallest absolute Gasteiger partial charge is 0.319 e. The monoisotopic (exact) mass is 380 g/mol. The highest BCUT2D eigenvalue weighted by atomic mass is 16.6. The van der Waals surface area contributed by atoms with E-state index in [4.69, 9.17) is 0 Å². The van der Waals surface area contributed by atoms with Gasteiger partial charge in [-0.1, -0.05) is 18.2 Å². The third-order valence-electron chi connectivity index (χ3n) is 4.41. The molecule has 1 aliphatic rings. The van der Waals surface area contributed by atoms with Gasteiger partial charge in [-0.2, -0.15) is 0 Å². The van der Waals surface area contributed by atoms with Crippen LogP contribution in [0.1, 0.15) is 29.7 Å². The standard InChI is InChI=1S/C20H20N4O4/c1-11-7-12(2)9-15(8-11)22-19(25)17-13(3)21-20(26)23-18(17)14-5-4-6-16(10-14)24(27)28/h4-10,18H,1-3H3,(H,22,25)(H2,21,23,26)/t18-/m0/s1. The van der Waals surface area contributed by atoms with E-state index in [1.54, 1.807) is 13.0 Å². The number of nitrogens with zero attached hydrogens (tertiary/aromatic N) is 1. The summed E-state index contributed by atoms with van der Waals surface area (Å²) < 4.78 is 0. The largest absolute Gasteiger partial charge is 0.327 e. The van der Waals surface area contributed by atoms with E-state index < -0.39 is 22.9 Å². The van der Waals surface area contributed by atoms with Gasteiger partial charge in [0.2, 0.25) is 0 Å². The second-order valence-corrected chi connectivity index (χ2v) is 6.75. The van der Waals surface area contributed by atoms with Gasteiger partial charge in [-0.05, 0) is 49.6 Å². The van der Waals surface area contributed by atoms with Gasteiger partial charge in [0.05, 0.1) is 16.5 Å². The van der Waals surface area contributed by atoms with Gasteiger partial charge in [0.25, 0.3) is 11.6 Å². The zero-order valence-corrected chi connectivity index (χ0v) is 15.7. The summed E-state index contributed by atoms with van der Waals surface area (Å²) >= 11 is 0. The Hall–Kier alpha value is -3.68. The summed E-state index contributed by atoms with van der Waals surface area (Å²) in [6.07, 6.45) is 0. The molecule has 144 valence electrons. The fraction of sp³-hybridized carbons (Fsp3) is 0.200. The van der Waals surface area contributed by atoms with Crippen LogP contribution in [0.4, 0.5) is 16.2 Å². The second kappa shape index (κ2) is 7.51. The molecule has 0 saturated heterocycles. The van der Waals surface area contributed by atoms with E-state index in [2.05, 4.69) is 16.0 Å². The Bertz CT molecular complexity index is 993. The maximum Gasteiger partial charge on any atom is 0.319 e. The van der Waals surface area contributed by atoms with Crippen LogP contribution in [-0.2, 0) is 4.79 Å². The van der Waals surface area contributed by atoms with Gasteiger partial charge in [-0.25, -0.2) is 4.79 Å². The molecule has 0 radical (unpaired) electrons. The van der Waals surface area contributed by atoms with Crippen molar-refractivity contribution in [1.29, 1.82) is 0 Å². The molecule has 8 heteroatoms. The summed E-state index contributed by atoms with van der Waals surface area (Å²) in [7, 11) is 0. The number of aryl methyl sites for hydroxylation is 2. The number of hydrogen-bond acceptors (Lipinski definition) is 4. The molecule has 0 saturated carbocycles. The first-order chi connectivity index (χ1) is 13.2. The fourth-order valence-corrected chi connectivity index (χ4v) is 3.31. The quantitative estimate of drug-likeness (QED) is 0.556. The zero-order valence-electron chi connectivity index (χ0n) is 15.7. The summed E-state index contributed by atoms with van der Waals surface area (Å²) in [6, 6.07) is 10.3. The summed E-state index contributed by atoms with van der Waals surface area (Å²) in [5, 5.41) is 19.2. The normalized spacial score (nSPS) is 16.2. The van der Waals surface area contributed by atoms with Crippen LogP contribution in [0.5, 0.6) is 0 Å². The molecule has 2 aromatic carbocycles. The maximum atomic E-state index is 13.0. The molecule has 28 heavy (non-hydrogen) atoms. The first-order valence-corrected chi connectivity index (χ1v) is 8.67. The van der Waals surface area contributed by atoms with Gasteiger partial charge in [0.15, 0.2) is 0 Å². The van der Waals surface area contributed by atoms with Crippen LogP contribution in [0.25, 0.3) is 0 Å². The molecular weight excluding hydrogens is 360 g/mol. The van der Waals surface area contributed by atoms with Crippen LogP contribution < -0.4 is 16.0 Å². The number of benzene rings is 2. The SMILES string of the molecule is CC1=C(C(=O)Nc2cc(C)cc(C)c2)[C@H](c2cccc([N+](=O)[O-])c2)NC(=O)N1. The molecule has 0 bridgehead atoms. The van der Waals surface area contributed by atoms with Crippen LogP contribution in [0.3, 0.4) is 0 Å². The van der Waals surface area contributed by atoms with E-state index >= 15 is 0 Å². The summed E-state index contributed by atoms with van der Waals surface area (Å²) in [6.45, 7) is 5.49. The molecule has 0 fully saturated rings. The third-order valence-corrected chi connectivity index (χ3v) is 4.41. The Kier molecular flexibility index (Phi) is 5.12. The number of amides is 3. The predicted molar refractivity (Wildman–Crippen MR) is 105 cm³/mol. The number of nitrogens with one attached hydrogen (secondary N) is 3. The average Bonchev–Trinajstić information content (AvgIpc) is 2.60. The van der Waals surface area contributed by atoms with Crippen molar-refractivity contribution in [3.63, 3.8) is 0 Å². The topological polar surface area (TPSA) is 113 Å². The number of hydrogen-bond donors (Lipinski definition) is 3. The number of carbonyl (C=O) groups is 2. The molecule has 0 unspecified atom stereocenters. The van der Waals surface area contributed by atoms with Crippen molar-refractivity contribution < 1.29 is 14.5 Å². The summed E-state index contributed by atoms with van der Waals surface area (Å²) in [4.78, 5) is 35.6. The van der Waals surface area contributed by atoms with Crippen LogP contribution in [0.15, 0.2) is 53.7 Å². The lowest BCUT2D eigenvalue weighted by Gasteiger charge is -2.28. The van der Waals surface area contributed by atoms with Gasteiger partial charge >= 0.3 is 6.03 Å². The molecule has 3 N–H and O–H groups in total. The number of allylic oxidation sites excluding steroid dienone is 1. The molecule has 1 aliphatic heterocycles. The first kappa shape index (κ1) is 19.1. The molecule has 1 atom stereocenters. The second-order valence-electron chi connectivity index (χ2n) is 6.75. The minimum absolute atomic E-state index is 0.114. The number of rotatable bonds is 4. The minimum atomic E-state index is -0.806. The molecule has 1 heterocycles. The lowest BCUT2D eigenvalue weighted by Crippen LogP contribution is -2.46. The Morgan fingerprint density at radius 1 is 1.11 bits per heavy atom. The van der Waals surface area contributed by atoms with Gasteiger partial charge < -0.3 is 16.0 Å². The molecule has 2 aromatic rings. The molecule has 0 aliphatic carbocycles. The van der Waals surface area contributed by atoms with Crippen molar-refractivity contribution in [1.82, 2.24) is 10.6 Å². The Morgan fingerprint density at radius 3 is 2.43 bits per heavy atom. The predicted octanol–water partition coefficient (Wildman–Crippen LogP) is 3.48. The van der Waals surface area contributed by atoms with Crippen molar-refractivity contribution in [2.24, 2.45) is 0 Å². The minimum Gasteiger partial charge on any atom is -0.327 e. The van der Waals surface area contributed by atoms with Crippen LogP contribution in [-0.4, -0.2) is 16.9 Å². The highest BCUT2D eigenvalue weighted by Crippen LogP contribution is 2.30. The lowest BCUT2D eigenvalue weighted by atomic mass is 9.94. The molecule has 8 nitrogen and oxygen atoms in total. The third kappa shape index (κ3) is 4.01.